The number of ether oxygens (including phenoxy) is 3. The van der Waals surface area contributed by atoms with Gasteiger partial charge in [0, 0.05) is 39.4 Å². The number of hydrogen-bond acceptors (Lipinski definition) is 6. The first-order valence-corrected chi connectivity index (χ1v) is 9.38. The minimum atomic E-state index is -0.139. The Balaban J connectivity index is 1.54. The highest BCUT2D eigenvalue weighted by Gasteiger charge is 2.27. The smallest absolute Gasteiger partial charge is 0.251 e. The van der Waals surface area contributed by atoms with Gasteiger partial charge in [0.15, 0.2) is 0 Å². The molecule has 2 saturated heterocycles. The Bertz CT molecular complexity index is 815. The molecule has 2 aromatic rings. The Hall–Kier alpha value is -2.16. The number of aryl methyl sites for hydroxylation is 1. The van der Waals surface area contributed by atoms with Crippen molar-refractivity contribution < 1.29 is 19.0 Å². The van der Waals surface area contributed by atoms with Crippen molar-refractivity contribution >= 4 is 22.9 Å². The summed E-state index contributed by atoms with van der Waals surface area (Å²) in [7, 11) is 3.67. The Morgan fingerprint density at radius 2 is 2.07 bits per heavy atom. The molecule has 2 aliphatic rings. The number of nitrogens with one attached hydrogen (secondary N) is 1. The van der Waals surface area contributed by atoms with Gasteiger partial charge in [-0.15, -0.1) is 0 Å². The average Bonchev–Trinajstić information content (AvgIpc) is 3.05. The summed E-state index contributed by atoms with van der Waals surface area (Å²) >= 11 is 0. The van der Waals surface area contributed by atoms with Crippen LogP contribution in [0.5, 0.6) is 0 Å². The van der Waals surface area contributed by atoms with Gasteiger partial charge in [-0.3, -0.25) is 4.79 Å². The third-order valence-electron chi connectivity index (χ3n) is 5.33. The van der Waals surface area contributed by atoms with Crippen molar-refractivity contribution in [3.05, 3.63) is 23.8 Å². The lowest BCUT2D eigenvalue weighted by molar-refractivity contribution is -0.0349. The van der Waals surface area contributed by atoms with E-state index in [1.165, 1.54) is 0 Å². The van der Waals surface area contributed by atoms with Crippen molar-refractivity contribution in [1.82, 2.24) is 14.9 Å². The van der Waals surface area contributed by atoms with Gasteiger partial charge < -0.3 is 29.0 Å². The number of hydrogen-bond donors (Lipinski definition) is 1. The highest BCUT2D eigenvalue weighted by molar-refractivity contribution is 5.98. The minimum absolute atomic E-state index is 0.0193. The molecule has 8 nitrogen and oxygen atoms in total. The maximum atomic E-state index is 12.7. The highest BCUT2D eigenvalue weighted by atomic mass is 16.5. The number of rotatable bonds is 4. The van der Waals surface area contributed by atoms with Crippen LogP contribution in [0.4, 0.5) is 5.95 Å². The van der Waals surface area contributed by atoms with Crippen LogP contribution in [0.15, 0.2) is 18.2 Å². The first-order valence-electron chi connectivity index (χ1n) is 9.38. The fraction of sp³-hybridized carbons (Fsp3) is 0.579. The van der Waals surface area contributed by atoms with E-state index in [0.717, 1.165) is 36.5 Å². The molecule has 146 valence electrons. The first-order chi connectivity index (χ1) is 13.2. The van der Waals surface area contributed by atoms with Crippen molar-refractivity contribution in [2.75, 3.05) is 51.5 Å². The molecule has 0 spiro atoms. The Kier molecular flexibility index (Phi) is 5.29. The Morgan fingerprint density at radius 1 is 1.26 bits per heavy atom. The topological polar surface area (TPSA) is 77.8 Å². The van der Waals surface area contributed by atoms with E-state index < -0.39 is 0 Å². The van der Waals surface area contributed by atoms with E-state index in [9.17, 15) is 4.79 Å². The van der Waals surface area contributed by atoms with E-state index in [2.05, 4.69) is 14.8 Å². The molecule has 8 heteroatoms. The number of carbonyl (C=O) groups excluding carboxylic acids is 1. The van der Waals surface area contributed by atoms with Crippen molar-refractivity contribution in [2.24, 2.45) is 7.05 Å². The molecule has 2 aliphatic heterocycles. The minimum Gasteiger partial charge on any atom is -0.379 e. The quantitative estimate of drug-likeness (QED) is 0.858. The van der Waals surface area contributed by atoms with Crippen LogP contribution >= 0.6 is 0 Å². The summed E-state index contributed by atoms with van der Waals surface area (Å²) in [5, 5.41) is 3.04. The summed E-state index contributed by atoms with van der Waals surface area (Å²) in [4.78, 5) is 19.7. The van der Waals surface area contributed by atoms with Gasteiger partial charge in [-0.05, 0) is 24.6 Å². The number of aromatic nitrogens is 2. The number of benzene rings is 1. The molecule has 4 rings (SSSR count). The highest BCUT2D eigenvalue weighted by Crippen LogP contribution is 2.23. The molecule has 1 aromatic heterocycles. The lowest BCUT2D eigenvalue weighted by Crippen LogP contribution is -2.50. The van der Waals surface area contributed by atoms with E-state index in [0.29, 0.717) is 32.0 Å². The summed E-state index contributed by atoms with van der Waals surface area (Å²) in [5.74, 6) is 0.777. The fourth-order valence-electron chi connectivity index (χ4n) is 3.76. The standard InChI is InChI=1S/C19H26N4O4/c1-22-16-4-3-13(18(24)20-15-12-27-8-5-17(15)25-2)11-14(16)21-19(22)23-6-9-26-10-7-23/h3-4,11,15,17H,5-10,12H2,1-2H3,(H,20,24)/t15-,17-/m1/s1. The van der Waals surface area contributed by atoms with Crippen molar-refractivity contribution in [2.45, 2.75) is 18.6 Å². The van der Waals surface area contributed by atoms with E-state index in [4.69, 9.17) is 19.2 Å². The second kappa shape index (κ2) is 7.84. The second-order valence-electron chi connectivity index (χ2n) is 6.99. The number of methoxy groups -OCH3 is 1. The molecule has 0 unspecified atom stereocenters. The number of amides is 1. The fourth-order valence-corrected chi connectivity index (χ4v) is 3.76. The number of anilines is 1. The predicted octanol–water partition coefficient (Wildman–Crippen LogP) is 0.944. The monoisotopic (exact) mass is 374 g/mol. The number of nitrogens with zero attached hydrogens (tertiary/aromatic N) is 3. The van der Waals surface area contributed by atoms with Crippen LogP contribution in [-0.4, -0.2) is 74.2 Å². The third kappa shape index (κ3) is 3.65. The maximum Gasteiger partial charge on any atom is 0.251 e. The second-order valence-corrected chi connectivity index (χ2v) is 6.99. The van der Waals surface area contributed by atoms with Gasteiger partial charge in [-0.1, -0.05) is 0 Å². The van der Waals surface area contributed by atoms with Crippen LogP contribution in [0.1, 0.15) is 16.8 Å². The SMILES string of the molecule is CO[C@@H]1CCOC[C@H]1NC(=O)c1ccc2c(c1)nc(N1CCOCC1)n2C. The third-order valence-corrected chi connectivity index (χ3v) is 5.33. The summed E-state index contributed by atoms with van der Waals surface area (Å²) in [5.41, 5.74) is 2.41. The van der Waals surface area contributed by atoms with E-state index >= 15 is 0 Å². The van der Waals surface area contributed by atoms with E-state index in [-0.39, 0.29) is 18.1 Å². The molecular formula is C19H26N4O4. The molecule has 0 aliphatic carbocycles. The lowest BCUT2D eigenvalue weighted by atomic mass is 10.1. The largest absolute Gasteiger partial charge is 0.379 e. The molecule has 2 fully saturated rings. The van der Waals surface area contributed by atoms with Gasteiger partial charge in [0.2, 0.25) is 5.95 Å². The van der Waals surface area contributed by atoms with E-state index in [1.807, 2.05) is 25.2 Å². The lowest BCUT2D eigenvalue weighted by Gasteiger charge is -2.31. The molecule has 1 N–H and O–H groups in total. The zero-order chi connectivity index (χ0) is 18.8. The first kappa shape index (κ1) is 18.2. The summed E-state index contributed by atoms with van der Waals surface area (Å²) in [6, 6.07) is 5.50. The van der Waals surface area contributed by atoms with Crippen molar-refractivity contribution in [3.63, 3.8) is 0 Å². The van der Waals surface area contributed by atoms with Crippen LogP contribution in [-0.2, 0) is 21.3 Å². The molecule has 3 heterocycles. The molecule has 27 heavy (non-hydrogen) atoms. The molecule has 0 saturated carbocycles. The molecule has 1 aromatic carbocycles. The number of fused-ring (bicyclic) bond motifs is 1. The average molecular weight is 374 g/mol. The molecule has 0 bridgehead atoms. The van der Waals surface area contributed by atoms with Crippen molar-refractivity contribution in [1.29, 1.82) is 0 Å². The summed E-state index contributed by atoms with van der Waals surface area (Å²) in [6.07, 6.45) is 0.762. The van der Waals surface area contributed by atoms with Gasteiger partial charge in [0.05, 0.1) is 43.0 Å². The summed E-state index contributed by atoms with van der Waals surface area (Å²) < 4.78 is 18.4. The van der Waals surface area contributed by atoms with Crippen LogP contribution in [0.2, 0.25) is 0 Å². The zero-order valence-electron chi connectivity index (χ0n) is 15.8. The van der Waals surface area contributed by atoms with Gasteiger partial charge in [0.1, 0.15) is 0 Å². The maximum absolute atomic E-state index is 12.7. The molecule has 0 radical (unpaired) electrons. The van der Waals surface area contributed by atoms with Gasteiger partial charge in [-0.2, -0.15) is 0 Å². The number of carbonyl (C=O) groups is 1. The van der Waals surface area contributed by atoms with Crippen molar-refractivity contribution in [3.8, 4) is 0 Å². The van der Waals surface area contributed by atoms with Crippen LogP contribution in [0.25, 0.3) is 11.0 Å². The Labute approximate surface area is 158 Å². The molecule has 1 amide bonds. The van der Waals surface area contributed by atoms with Gasteiger partial charge in [-0.25, -0.2) is 4.98 Å². The molecular weight excluding hydrogens is 348 g/mol. The predicted molar refractivity (Wildman–Crippen MR) is 101 cm³/mol. The van der Waals surface area contributed by atoms with Gasteiger partial charge in [0.25, 0.3) is 5.91 Å². The van der Waals surface area contributed by atoms with Crippen LogP contribution in [0.3, 0.4) is 0 Å². The number of imidazole rings is 1. The normalized spacial score (nSPS) is 23.6. The summed E-state index contributed by atoms with van der Waals surface area (Å²) in [6.45, 7) is 4.20. The van der Waals surface area contributed by atoms with Crippen LogP contribution < -0.4 is 10.2 Å². The number of morpholine rings is 1. The zero-order valence-corrected chi connectivity index (χ0v) is 15.8. The Morgan fingerprint density at radius 3 is 2.85 bits per heavy atom. The van der Waals surface area contributed by atoms with E-state index in [1.54, 1.807) is 7.11 Å². The van der Waals surface area contributed by atoms with Crippen LogP contribution in [0, 0.1) is 0 Å². The molecule has 2 atom stereocenters. The van der Waals surface area contributed by atoms with Gasteiger partial charge >= 0.3 is 0 Å².